The van der Waals surface area contributed by atoms with E-state index in [2.05, 4.69) is 9.97 Å². The van der Waals surface area contributed by atoms with Crippen LogP contribution in [0, 0.1) is 0 Å². The molecular formula is C10H9N3O2. The van der Waals surface area contributed by atoms with E-state index in [1.54, 1.807) is 30.6 Å². The Hall–Kier alpha value is -2.30. The third-order valence-electron chi connectivity index (χ3n) is 2.03. The van der Waals surface area contributed by atoms with Gasteiger partial charge in [-0.1, -0.05) is 0 Å². The van der Waals surface area contributed by atoms with E-state index in [0.717, 1.165) is 11.1 Å². The van der Waals surface area contributed by atoms with Crippen LogP contribution in [-0.4, -0.2) is 21.0 Å². The molecular weight excluding hydrogens is 194 g/mol. The van der Waals surface area contributed by atoms with E-state index in [4.69, 9.17) is 10.8 Å². The third-order valence-corrected chi connectivity index (χ3v) is 2.03. The summed E-state index contributed by atoms with van der Waals surface area (Å²) < 4.78 is 0. The molecule has 15 heavy (non-hydrogen) atoms. The molecule has 2 aromatic rings. The van der Waals surface area contributed by atoms with Crippen LogP contribution in [0.5, 0.6) is 0 Å². The molecule has 76 valence electrons. The molecule has 2 aromatic heterocycles. The second-order valence-electron chi connectivity index (χ2n) is 3.08. The van der Waals surface area contributed by atoms with Crippen LogP contribution in [0.25, 0.3) is 11.1 Å². The zero-order valence-corrected chi connectivity index (χ0v) is 7.77. The van der Waals surface area contributed by atoms with Gasteiger partial charge in [0.1, 0.15) is 11.5 Å². The Morgan fingerprint density at radius 3 is 2.80 bits per heavy atom. The molecule has 0 aliphatic rings. The zero-order chi connectivity index (χ0) is 10.8. The van der Waals surface area contributed by atoms with E-state index < -0.39 is 5.97 Å². The van der Waals surface area contributed by atoms with Gasteiger partial charge >= 0.3 is 5.97 Å². The van der Waals surface area contributed by atoms with Crippen LogP contribution in [-0.2, 0) is 0 Å². The summed E-state index contributed by atoms with van der Waals surface area (Å²) in [6.45, 7) is 0. The number of nitrogens with one attached hydrogen (secondary N) is 1. The highest BCUT2D eigenvalue weighted by molar-refractivity contribution is 5.87. The fraction of sp³-hybridized carbons (Fsp3) is 0. The number of nitrogens with two attached hydrogens (primary N) is 1. The van der Waals surface area contributed by atoms with Gasteiger partial charge in [0, 0.05) is 18.0 Å². The summed E-state index contributed by atoms with van der Waals surface area (Å²) in [5.74, 6) is -0.575. The van der Waals surface area contributed by atoms with Crippen LogP contribution in [0.2, 0.25) is 0 Å². The number of hydrogen-bond acceptors (Lipinski definition) is 3. The lowest BCUT2D eigenvalue weighted by atomic mass is 10.1. The zero-order valence-electron chi connectivity index (χ0n) is 7.77. The summed E-state index contributed by atoms with van der Waals surface area (Å²) in [6, 6.07) is 5.01. The van der Waals surface area contributed by atoms with Crippen LogP contribution in [0.3, 0.4) is 0 Å². The Kier molecular flexibility index (Phi) is 2.13. The third kappa shape index (κ3) is 1.80. The van der Waals surface area contributed by atoms with Gasteiger partial charge in [-0.25, -0.2) is 9.78 Å². The summed E-state index contributed by atoms with van der Waals surface area (Å²) in [7, 11) is 0. The number of aromatic amines is 1. The number of hydrogen-bond donors (Lipinski definition) is 3. The van der Waals surface area contributed by atoms with Crippen molar-refractivity contribution in [3.05, 3.63) is 36.3 Å². The summed E-state index contributed by atoms with van der Waals surface area (Å²) in [4.78, 5) is 17.2. The summed E-state index contributed by atoms with van der Waals surface area (Å²) >= 11 is 0. The Bertz CT molecular complexity index is 505. The molecule has 2 heterocycles. The molecule has 0 unspecified atom stereocenters. The molecule has 5 nitrogen and oxygen atoms in total. The second kappa shape index (κ2) is 3.45. The summed E-state index contributed by atoms with van der Waals surface area (Å²) in [5, 5.41) is 8.73. The minimum atomic E-state index is -0.983. The SMILES string of the molecule is Nc1cc(-c2c[nH]c(C(=O)O)c2)ccn1. The molecule has 0 saturated heterocycles. The van der Waals surface area contributed by atoms with Crippen molar-refractivity contribution in [3.63, 3.8) is 0 Å². The first-order valence-corrected chi connectivity index (χ1v) is 4.30. The van der Waals surface area contributed by atoms with Gasteiger partial charge in [-0.05, 0) is 23.8 Å². The van der Waals surface area contributed by atoms with Crippen LogP contribution >= 0.6 is 0 Å². The van der Waals surface area contributed by atoms with Crippen molar-refractivity contribution in [1.29, 1.82) is 0 Å². The van der Waals surface area contributed by atoms with Crippen molar-refractivity contribution in [2.24, 2.45) is 0 Å². The maximum absolute atomic E-state index is 10.6. The van der Waals surface area contributed by atoms with E-state index >= 15 is 0 Å². The quantitative estimate of drug-likeness (QED) is 0.687. The first-order chi connectivity index (χ1) is 7.16. The Balaban J connectivity index is 2.41. The lowest BCUT2D eigenvalue weighted by molar-refractivity contribution is 0.0691. The lowest BCUT2D eigenvalue weighted by Gasteiger charge is -1.97. The minimum absolute atomic E-state index is 0.153. The number of anilines is 1. The number of aromatic carboxylic acids is 1. The molecule has 2 rings (SSSR count). The highest BCUT2D eigenvalue weighted by Crippen LogP contribution is 2.20. The van der Waals surface area contributed by atoms with Gasteiger partial charge in [-0.15, -0.1) is 0 Å². The van der Waals surface area contributed by atoms with Gasteiger partial charge in [-0.3, -0.25) is 0 Å². The van der Waals surface area contributed by atoms with Crippen molar-refractivity contribution in [2.45, 2.75) is 0 Å². The second-order valence-corrected chi connectivity index (χ2v) is 3.08. The largest absolute Gasteiger partial charge is 0.477 e. The molecule has 0 bridgehead atoms. The average molecular weight is 203 g/mol. The van der Waals surface area contributed by atoms with Crippen molar-refractivity contribution in [3.8, 4) is 11.1 Å². The van der Waals surface area contributed by atoms with E-state index in [9.17, 15) is 4.79 Å². The van der Waals surface area contributed by atoms with Crippen molar-refractivity contribution in [1.82, 2.24) is 9.97 Å². The molecule has 0 aromatic carbocycles. The predicted molar refractivity (Wildman–Crippen MR) is 55.4 cm³/mol. The number of nitrogens with zero attached hydrogens (tertiary/aromatic N) is 1. The number of aromatic nitrogens is 2. The molecule has 0 atom stereocenters. The van der Waals surface area contributed by atoms with Crippen molar-refractivity contribution in [2.75, 3.05) is 5.73 Å². The fourth-order valence-corrected chi connectivity index (χ4v) is 1.31. The minimum Gasteiger partial charge on any atom is -0.477 e. The van der Waals surface area contributed by atoms with Gasteiger partial charge in [0.25, 0.3) is 0 Å². The Labute approximate surface area is 85.6 Å². The van der Waals surface area contributed by atoms with Gasteiger partial charge in [-0.2, -0.15) is 0 Å². The number of carboxylic acid groups (broad SMARTS) is 1. The van der Waals surface area contributed by atoms with Crippen LogP contribution in [0.1, 0.15) is 10.5 Å². The smallest absolute Gasteiger partial charge is 0.352 e. The van der Waals surface area contributed by atoms with Crippen LogP contribution < -0.4 is 5.73 Å². The van der Waals surface area contributed by atoms with Gasteiger partial charge in [0.15, 0.2) is 0 Å². The standard InChI is InChI=1S/C10H9N3O2/c11-9-4-6(1-2-12-9)7-3-8(10(14)15)13-5-7/h1-5,13H,(H2,11,12)(H,14,15). The Morgan fingerprint density at radius 1 is 1.40 bits per heavy atom. The molecule has 0 fully saturated rings. The highest BCUT2D eigenvalue weighted by Gasteiger charge is 2.07. The molecule has 4 N–H and O–H groups in total. The lowest BCUT2D eigenvalue weighted by Crippen LogP contribution is -1.94. The maximum Gasteiger partial charge on any atom is 0.352 e. The van der Waals surface area contributed by atoms with E-state index in [1.807, 2.05) is 0 Å². The Morgan fingerprint density at radius 2 is 2.20 bits per heavy atom. The van der Waals surface area contributed by atoms with Crippen molar-refractivity contribution < 1.29 is 9.90 Å². The van der Waals surface area contributed by atoms with Crippen LogP contribution in [0.4, 0.5) is 5.82 Å². The van der Waals surface area contributed by atoms with E-state index in [0.29, 0.717) is 5.82 Å². The highest BCUT2D eigenvalue weighted by atomic mass is 16.4. The monoisotopic (exact) mass is 203 g/mol. The van der Waals surface area contributed by atoms with Crippen molar-refractivity contribution >= 4 is 11.8 Å². The number of H-pyrrole nitrogens is 1. The molecule has 0 amide bonds. The fourth-order valence-electron chi connectivity index (χ4n) is 1.31. The number of carboxylic acids is 1. The summed E-state index contributed by atoms with van der Waals surface area (Å²) in [5.41, 5.74) is 7.30. The molecule has 0 spiro atoms. The number of nitrogen functional groups attached to an aromatic ring is 1. The molecule has 5 heteroatoms. The summed E-state index contributed by atoms with van der Waals surface area (Å²) in [6.07, 6.45) is 3.20. The topological polar surface area (TPSA) is 92.0 Å². The first-order valence-electron chi connectivity index (χ1n) is 4.30. The first kappa shape index (κ1) is 9.26. The molecule has 0 radical (unpaired) electrons. The maximum atomic E-state index is 10.6. The van der Waals surface area contributed by atoms with Gasteiger partial charge in [0.2, 0.25) is 0 Å². The molecule has 0 saturated carbocycles. The van der Waals surface area contributed by atoms with Gasteiger partial charge < -0.3 is 15.8 Å². The normalized spacial score (nSPS) is 10.1. The number of pyridine rings is 1. The predicted octanol–water partition coefficient (Wildman–Crippen LogP) is 1.36. The van der Waals surface area contributed by atoms with E-state index in [1.165, 1.54) is 0 Å². The molecule has 0 aliphatic carbocycles. The number of carbonyl (C=O) groups is 1. The average Bonchev–Trinajstić information content (AvgIpc) is 2.66. The molecule has 0 aliphatic heterocycles. The van der Waals surface area contributed by atoms with Crippen LogP contribution in [0.15, 0.2) is 30.6 Å². The van der Waals surface area contributed by atoms with Gasteiger partial charge in [0.05, 0.1) is 0 Å². The number of rotatable bonds is 2. The van der Waals surface area contributed by atoms with E-state index in [-0.39, 0.29) is 5.69 Å².